The smallest absolute Gasteiger partial charge is 0.137 e. The average Bonchev–Trinajstić information content (AvgIpc) is 2.91. The Morgan fingerprint density at radius 3 is 2.42 bits per heavy atom. The molecule has 90 valence electrons. The summed E-state index contributed by atoms with van der Waals surface area (Å²) >= 11 is 0. The van der Waals surface area contributed by atoms with Crippen molar-refractivity contribution in [2.24, 2.45) is 0 Å². The summed E-state index contributed by atoms with van der Waals surface area (Å²) in [5.41, 5.74) is 2.21. The maximum Gasteiger partial charge on any atom is 0.137 e. The van der Waals surface area contributed by atoms with Crippen LogP contribution >= 0.6 is 0 Å². The number of rotatable bonds is 1. The number of nitrogens with zero attached hydrogens (tertiary/aromatic N) is 2. The van der Waals surface area contributed by atoms with Crippen LogP contribution in [0.1, 0.15) is 0 Å². The van der Waals surface area contributed by atoms with Crippen molar-refractivity contribution in [3.05, 3.63) is 72.9 Å². The maximum absolute atomic E-state index is 4.73. The highest BCUT2D eigenvalue weighted by Crippen LogP contribution is 2.21. The van der Waals surface area contributed by atoms with Crippen LogP contribution in [-0.4, -0.2) is 9.55 Å². The van der Waals surface area contributed by atoms with Gasteiger partial charge in [-0.25, -0.2) is 4.98 Å². The van der Waals surface area contributed by atoms with Crippen LogP contribution in [0.25, 0.3) is 27.6 Å². The first-order chi connectivity index (χ1) is 9.42. The fraction of sp³-hybridized carbons (Fsp3) is 0. The minimum absolute atomic E-state index is 0.958. The molecule has 4 aromatic rings. The lowest BCUT2D eigenvalue weighted by atomic mass is 10.2. The molecule has 0 N–H and O–H groups in total. The lowest BCUT2D eigenvalue weighted by molar-refractivity contribution is 1.06. The van der Waals surface area contributed by atoms with Crippen molar-refractivity contribution in [1.29, 1.82) is 0 Å². The fourth-order valence-electron chi connectivity index (χ4n) is 2.47. The van der Waals surface area contributed by atoms with Crippen LogP contribution in [0.2, 0.25) is 0 Å². The molecule has 0 amide bonds. The van der Waals surface area contributed by atoms with Gasteiger partial charge in [0.05, 0.1) is 11.0 Å². The van der Waals surface area contributed by atoms with Crippen molar-refractivity contribution in [2.45, 2.75) is 0 Å². The van der Waals surface area contributed by atoms with Crippen LogP contribution < -0.4 is 0 Å². The van der Waals surface area contributed by atoms with E-state index in [1.165, 1.54) is 16.3 Å². The number of para-hydroxylation sites is 2. The summed E-state index contributed by atoms with van der Waals surface area (Å²) in [7, 11) is 0. The molecule has 0 unspecified atom stereocenters. The Hall–Kier alpha value is -2.61. The second kappa shape index (κ2) is 3.95. The topological polar surface area (TPSA) is 17.8 Å². The quantitative estimate of drug-likeness (QED) is 0.491. The van der Waals surface area contributed by atoms with Gasteiger partial charge in [-0.3, -0.25) is 0 Å². The number of benzene rings is 2. The van der Waals surface area contributed by atoms with Gasteiger partial charge in [-0.2, -0.15) is 0 Å². The van der Waals surface area contributed by atoms with E-state index in [9.17, 15) is 0 Å². The first kappa shape index (κ1) is 10.3. The molecule has 0 aliphatic heterocycles. The first-order valence-electron chi connectivity index (χ1n) is 6.34. The number of hydrogen-bond acceptors (Lipinski definition) is 1. The van der Waals surface area contributed by atoms with Crippen LogP contribution in [0.3, 0.4) is 0 Å². The summed E-state index contributed by atoms with van der Waals surface area (Å²) < 4.78 is 2.13. The predicted octanol–water partition coefficient (Wildman–Crippen LogP) is 4.18. The van der Waals surface area contributed by atoms with Gasteiger partial charge >= 0.3 is 0 Å². The van der Waals surface area contributed by atoms with Crippen molar-refractivity contribution >= 4 is 21.8 Å². The summed E-state index contributed by atoms with van der Waals surface area (Å²) in [5.74, 6) is 0.958. The Morgan fingerprint density at radius 2 is 1.47 bits per heavy atom. The zero-order valence-corrected chi connectivity index (χ0v) is 10.3. The number of hydrogen-bond donors (Lipinski definition) is 0. The third kappa shape index (κ3) is 1.61. The molecule has 2 heterocycles. The molecular weight excluding hydrogens is 232 g/mol. The summed E-state index contributed by atoms with van der Waals surface area (Å²) in [6.45, 7) is 0. The van der Waals surface area contributed by atoms with Gasteiger partial charge in [-0.05, 0) is 35.7 Å². The second-order valence-electron chi connectivity index (χ2n) is 4.61. The molecule has 0 spiro atoms. The standard InChI is InChI=1S/C17H12N2/c1-3-7-15-13(5-1)9-10-17(18-15)19-12-11-14-6-2-4-8-16(14)19/h1-12H. The highest BCUT2D eigenvalue weighted by atomic mass is 15.0. The van der Waals surface area contributed by atoms with E-state index >= 15 is 0 Å². The highest BCUT2D eigenvalue weighted by Gasteiger charge is 2.04. The zero-order valence-electron chi connectivity index (χ0n) is 10.3. The van der Waals surface area contributed by atoms with Gasteiger partial charge in [0.15, 0.2) is 0 Å². The molecule has 0 bridgehead atoms. The van der Waals surface area contributed by atoms with Crippen molar-refractivity contribution in [3.63, 3.8) is 0 Å². The van der Waals surface area contributed by atoms with Crippen LogP contribution in [0, 0.1) is 0 Å². The Morgan fingerprint density at radius 1 is 0.684 bits per heavy atom. The maximum atomic E-state index is 4.73. The van der Waals surface area contributed by atoms with E-state index in [1.807, 2.05) is 18.2 Å². The number of fused-ring (bicyclic) bond motifs is 2. The third-order valence-electron chi connectivity index (χ3n) is 3.43. The van der Waals surface area contributed by atoms with Crippen molar-refractivity contribution < 1.29 is 0 Å². The van der Waals surface area contributed by atoms with E-state index in [-0.39, 0.29) is 0 Å². The van der Waals surface area contributed by atoms with E-state index < -0.39 is 0 Å². The molecule has 0 aliphatic rings. The number of aromatic nitrogens is 2. The molecule has 0 saturated carbocycles. The minimum Gasteiger partial charge on any atom is -0.301 e. The fourth-order valence-corrected chi connectivity index (χ4v) is 2.47. The molecule has 0 atom stereocenters. The molecule has 2 aromatic heterocycles. The van der Waals surface area contributed by atoms with Crippen LogP contribution in [-0.2, 0) is 0 Å². The molecule has 0 saturated heterocycles. The zero-order chi connectivity index (χ0) is 12.7. The molecule has 19 heavy (non-hydrogen) atoms. The highest BCUT2D eigenvalue weighted by molar-refractivity contribution is 5.83. The molecular formula is C17H12N2. The van der Waals surface area contributed by atoms with E-state index in [4.69, 9.17) is 4.98 Å². The van der Waals surface area contributed by atoms with Crippen LogP contribution in [0.15, 0.2) is 72.9 Å². The first-order valence-corrected chi connectivity index (χ1v) is 6.34. The Labute approximate surface area is 110 Å². The van der Waals surface area contributed by atoms with Gasteiger partial charge in [-0.1, -0.05) is 36.4 Å². The number of pyridine rings is 1. The summed E-state index contributed by atoms with van der Waals surface area (Å²) in [5, 5.41) is 2.40. The van der Waals surface area contributed by atoms with Gasteiger partial charge < -0.3 is 4.57 Å². The molecule has 4 rings (SSSR count). The normalized spacial score (nSPS) is 11.2. The molecule has 0 fully saturated rings. The largest absolute Gasteiger partial charge is 0.301 e. The molecule has 0 radical (unpaired) electrons. The van der Waals surface area contributed by atoms with Crippen LogP contribution in [0.4, 0.5) is 0 Å². The lowest BCUT2D eigenvalue weighted by Crippen LogP contribution is -1.95. The second-order valence-corrected chi connectivity index (χ2v) is 4.61. The summed E-state index contributed by atoms with van der Waals surface area (Å²) in [6.07, 6.45) is 2.07. The van der Waals surface area contributed by atoms with E-state index in [2.05, 4.69) is 59.3 Å². The SMILES string of the molecule is c1ccc2nc(-n3ccc4ccccc43)ccc2c1. The molecule has 2 heteroatoms. The van der Waals surface area contributed by atoms with Crippen molar-refractivity contribution in [3.8, 4) is 5.82 Å². The summed E-state index contributed by atoms with van der Waals surface area (Å²) in [6, 6.07) is 22.8. The minimum atomic E-state index is 0.958. The Bertz CT molecular complexity index is 874. The van der Waals surface area contributed by atoms with E-state index in [0.29, 0.717) is 0 Å². The monoisotopic (exact) mass is 244 g/mol. The van der Waals surface area contributed by atoms with Gasteiger partial charge in [-0.15, -0.1) is 0 Å². The third-order valence-corrected chi connectivity index (χ3v) is 3.43. The van der Waals surface area contributed by atoms with Crippen molar-refractivity contribution in [2.75, 3.05) is 0 Å². The average molecular weight is 244 g/mol. The Balaban J connectivity index is 1.99. The van der Waals surface area contributed by atoms with Gasteiger partial charge in [0.25, 0.3) is 0 Å². The van der Waals surface area contributed by atoms with E-state index in [0.717, 1.165) is 11.3 Å². The van der Waals surface area contributed by atoms with E-state index in [1.54, 1.807) is 0 Å². The predicted molar refractivity (Wildman–Crippen MR) is 78.6 cm³/mol. The Kier molecular flexibility index (Phi) is 2.15. The molecule has 2 aromatic carbocycles. The van der Waals surface area contributed by atoms with Gasteiger partial charge in [0, 0.05) is 11.6 Å². The molecule has 0 aliphatic carbocycles. The lowest BCUT2D eigenvalue weighted by Gasteiger charge is -2.05. The van der Waals surface area contributed by atoms with Gasteiger partial charge in [0.1, 0.15) is 5.82 Å². The summed E-state index contributed by atoms with van der Waals surface area (Å²) in [4.78, 5) is 4.73. The van der Waals surface area contributed by atoms with Crippen LogP contribution in [0.5, 0.6) is 0 Å². The van der Waals surface area contributed by atoms with Gasteiger partial charge in [0.2, 0.25) is 0 Å². The molecule has 2 nitrogen and oxygen atoms in total. The van der Waals surface area contributed by atoms with Crippen molar-refractivity contribution in [1.82, 2.24) is 9.55 Å².